The van der Waals surface area contributed by atoms with Gasteiger partial charge in [0.15, 0.2) is 0 Å². The predicted molar refractivity (Wildman–Crippen MR) is 53.9 cm³/mol. The van der Waals surface area contributed by atoms with Crippen LogP contribution in [0.1, 0.15) is 41.0 Å². The van der Waals surface area contributed by atoms with Crippen molar-refractivity contribution in [3.8, 4) is 0 Å². The summed E-state index contributed by atoms with van der Waals surface area (Å²) >= 11 is 0. The van der Waals surface area contributed by atoms with E-state index in [9.17, 15) is 0 Å². The lowest BCUT2D eigenvalue weighted by molar-refractivity contribution is -0.0345. The van der Waals surface area contributed by atoms with Crippen molar-refractivity contribution in [3.05, 3.63) is 0 Å². The molecule has 0 spiro atoms. The fourth-order valence-corrected chi connectivity index (χ4v) is 2.42. The van der Waals surface area contributed by atoms with Gasteiger partial charge in [-0.3, -0.25) is 0 Å². The van der Waals surface area contributed by atoms with E-state index in [1.165, 1.54) is 6.42 Å². The maximum Gasteiger partial charge on any atom is 0.00388 e. The van der Waals surface area contributed by atoms with E-state index < -0.39 is 0 Å². The average molecular weight is 169 g/mol. The Bertz CT molecular complexity index is 156. The van der Waals surface area contributed by atoms with Crippen molar-refractivity contribution in [2.45, 2.75) is 47.1 Å². The van der Waals surface area contributed by atoms with Gasteiger partial charge in [0.25, 0.3) is 0 Å². The summed E-state index contributed by atoms with van der Waals surface area (Å²) in [5.74, 6) is 2.39. The number of hydrogen-bond acceptors (Lipinski definition) is 1. The summed E-state index contributed by atoms with van der Waals surface area (Å²) in [5.41, 5.74) is 6.46. The molecule has 1 nitrogen and oxygen atoms in total. The molecule has 0 saturated heterocycles. The topological polar surface area (TPSA) is 26.0 Å². The Kier molecular flexibility index (Phi) is 2.53. The molecule has 12 heavy (non-hydrogen) atoms. The fraction of sp³-hybridized carbons (Fsp3) is 1.00. The lowest BCUT2D eigenvalue weighted by Gasteiger charge is -2.53. The average Bonchev–Trinajstić information content (AvgIpc) is 1.98. The lowest BCUT2D eigenvalue weighted by atomic mass is 9.52. The van der Waals surface area contributed by atoms with Crippen LogP contribution >= 0.6 is 0 Å². The Balaban J connectivity index is 2.49. The molecule has 0 aliphatic heterocycles. The number of nitrogens with two attached hydrogens (primary N) is 1. The first-order valence-corrected chi connectivity index (χ1v) is 5.12. The number of hydrogen-bond donors (Lipinski definition) is 1. The molecule has 1 rings (SSSR count). The minimum absolute atomic E-state index is 0.355. The molecule has 0 heterocycles. The van der Waals surface area contributed by atoms with Crippen LogP contribution in [-0.4, -0.2) is 6.04 Å². The van der Waals surface area contributed by atoms with Gasteiger partial charge in [0, 0.05) is 6.04 Å². The highest BCUT2D eigenvalue weighted by molar-refractivity contribution is 4.96. The van der Waals surface area contributed by atoms with Gasteiger partial charge < -0.3 is 5.73 Å². The smallest absolute Gasteiger partial charge is 0.00388 e. The molecule has 0 aromatic heterocycles. The van der Waals surface area contributed by atoms with Crippen molar-refractivity contribution >= 4 is 0 Å². The zero-order valence-corrected chi connectivity index (χ0v) is 9.09. The second kappa shape index (κ2) is 3.02. The molecule has 2 N–H and O–H groups in total. The van der Waals surface area contributed by atoms with Crippen LogP contribution in [0.2, 0.25) is 0 Å². The van der Waals surface area contributed by atoms with E-state index in [0.717, 1.165) is 11.8 Å². The van der Waals surface area contributed by atoms with Crippen molar-refractivity contribution in [1.29, 1.82) is 0 Å². The third kappa shape index (κ3) is 1.52. The molecule has 0 aromatic rings. The Morgan fingerprint density at radius 2 is 1.83 bits per heavy atom. The minimum Gasteiger partial charge on any atom is -0.328 e. The largest absolute Gasteiger partial charge is 0.328 e. The van der Waals surface area contributed by atoms with E-state index in [0.29, 0.717) is 17.4 Å². The van der Waals surface area contributed by atoms with E-state index in [4.69, 9.17) is 5.73 Å². The van der Waals surface area contributed by atoms with Gasteiger partial charge in [0.1, 0.15) is 0 Å². The van der Waals surface area contributed by atoms with Crippen molar-refractivity contribution in [2.24, 2.45) is 28.9 Å². The van der Waals surface area contributed by atoms with Gasteiger partial charge >= 0.3 is 0 Å². The van der Waals surface area contributed by atoms with Crippen LogP contribution < -0.4 is 5.73 Å². The summed E-state index contributed by atoms with van der Waals surface area (Å²) in [6.07, 6.45) is 1.36. The van der Waals surface area contributed by atoms with E-state index in [-0.39, 0.29) is 0 Å². The molecular weight excluding hydrogens is 146 g/mol. The van der Waals surface area contributed by atoms with Gasteiger partial charge in [-0.05, 0) is 36.5 Å². The molecule has 0 bridgehead atoms. The first-order chi connectivity index (χ1) is 5.36. The zero-order chi connectivity index (χ0) is 9.52. The first-order valence-electron chi connectivity index (χ1n) is 5.12. The Morgan fingerprint density at radius 1 is 1.33 bits per heavy atom. The Hall–Kier alpha value is -0.0400. The highest BCUT2D eigenvalue weighted by atomic mass is 14.7. The first kappa shape index (κ1) is 10.0. The van der Waals surface area contributed by atoms with Gasteiger partial charge in [-0.2, -0.15) is 0 Å². The third-order valence-electron chi connectivity index (χ3n) is 4.14. The van der Waals surface area contributed by atoms with Crippen molar-refractivity contribution in [1.82, 2.24) is 0 Å². The van der Waals surface area contributed by atoms with Crippen LogP contribution in [0.4, 0.5) is 0 Å². The van der Waals surface area contributed by atoms with Crippen molar-refractivity contribution in [3.63, 3.8) is 0 Å². The van der Waals surface area contributed by atoms with Crippen molar-refractivity contribution in [2.75, 3.05) is 0 Å². The summed E-state index contributed by atoms with van der Waals surface area (Å²) in [6.45, 7) is 11.5. The second-order valence-electron chi connectivity index (χ2n) is 5.36. The minimum atomic E-state index is 0.355. The third-order valence-corrected chi connectivity index (χ3v) is 4.14. The molecular formula is C11H23N. The lowest BCUT2D eigenvalue weighted by Crippen LogP contribution is -2.48. The Morgan fingerprint density at radius 3 is 2.08 bits per heavy atom. The van der Waals surface area contributed by atoms with Crippen LogP contribution in [0.15, 0.2) is 0 Å². The maximum atomic E-state index is 5.90. The van der Waals surface area contributed by atoms with E-state index in [1.54, 1.807) is 0 Å². The Labute approximate surface area is 76.7 Å². The summed E-state index contributed by atoms with van der Waals surface area (Å²) in [5, 5.41) is 0. The van der Waals surface area contributed by atoms with Crippen LogP contribution in [0, 0.1) is 23.2 Å². The molecule has 1 saturated carbocycles. The van der Waals surface area contributed by atoms with E-state index in [2.05, 4.69) is 34.6 Å². The predicted octanol–water partition coefficient (Wildman–Crippen LogP) is 2.65. The van der Waals surface area contributed by atoms with Crippen LogP contribution in [0.3, 0.4) is 0 Å². The van der Waals surface area contributed by atoms with Gasteiger partial charge in [0.2, 0.25) is 0 Å². The van der Waals surface area contributed by atoms with Gasteiger partial charge in [-0.1, -0.05) is 27.7 Å². The highest BCUT2D eigenvalue weighted by Crippen LogP contribution is 2.53. The zero-order valence-electron chi connectivity index (χ0n) is 9.09. The van der Waals surface area contributed by atoms with Crippen LogP contribution in [0.25, 0.3) is 0 Å². The molecule has 0 radical (unpaired) electrons. The summed E-state index contributed by atoms with van der Waals surface area (Å²) in [4.78, 5) is 0. The van der Waals surface area contributed by atoms with Crippen LogP contribution in [-0.2, 0) is 0 Å². The molecule has 1 aliphatic carbocycles. The summed E-state index contributed by atoms with van der Waals surface area (Å²) in [7, 11) is 0. The molecule has 4 atom stereocenters. The van der Waals surface area contributed by atoms with Gasteiger partial charge in [-0.15, -0.1) is 0 Å². The SMILES string of the molecule is CC(N)C(C)C1CC(C)(C)C1C. The van der Waals surface area contributed by atoms with E-state index in [1.807, 2.05) is 0 Å². The molecule has 4 unspecified atom stereocenters. The summed E-state index contributed by atoms with van der Waals surface area (Å²) in [6, 6.07) is 0.355. The normalized spacial score (nSPS) is 38.5. The summed E-state index contributed by atoms with van der Waals surface area (Å²) < 4.78 is 0. The second-order valence-corrected chi connectivity index (χ2v) is 5.36. The van der Waals surface area contributed by atoms with Gasteiger partial charge in [0.05, 0.1) is 0 Å². The van der Waals surface area contributed by atoms with Crippen LogP contribution in [0.5, 0.6) is 0 Å². The molecule has 0 amide bonds. The van der Waals surface area contributed by atoms with E-state index >= 15 is 0 Å². The van der Waals surface area contributed by atoms with Crippen molar-refractivity contribution < 1.29 is 0 Å². The molecule has 72 valence electrons. The standard InChI is InChI=1S/C11H23N/c1-7(9(3)12)10-6-11(4,5)8(10)2/h7-10H,6,12H2,1-5H3. The monoisotopic (exact) mass is 169 g/mol. The molecule has 0 aromatic carbocycles. The maximum absolute atomic E-state index is 5.90. The quantitative estimate of drug-likeness (QED) is 0.675. The molecule has 1 aliphatic rings. The van der Waals surface area contributed by atoms with Gasteiger partial charge in [-0.25, -0.2) is 0 Å². The molecule has 1 heteroatoms. The molecule has 1 fully saturated rings. The number of rotatable bonds is 2. The fourth-order valence-electron chi connectivity index (χ4n) is 2.42. The highest BCUT2D eigenvalue weighted by Gasteiger charge is 2.46.